The van der Waals surface area contributed by atoms with E-state index in [2.05, 4.69) is 5.32 Å². The summed E-state index contributed by atoms with van der Waals surface area (Å²) >= 11 is 0. The van der Waals surface area contributed by atoms with Gasteiger partial charge in [-0.15, -0.1) is 0 Å². The minimum atomic E-state index is -0.799. The summed E-state index contributed by atoms with van der Waals surface area (Å²) in [7, 11) is -0.799. The van der Waals surface area contributed by atoms with E-state index in [1.54, 1.807) is 19.1 Å². The smallest absolute Gasteiger partial charge is 0.445 e. The van der Waals surface area contributed by atoms with Gasteiger partial charge >= 0.3 is 13.2 Å². The lowest BCUT2D eigenvalue weighted by molar-refractivity contribution is 0.00578. The third kappa shape index (κ3) is 5.70. The number of carbonyl (C=O) groups is 2. The van der Waals surface area contributed by atoms with Crippen molar-refractivity contribution in [1.29, 1.82) is 0 Å². The molecule has 3 rings (SSSR count). The monoisotopic (exact) mass is 453 g/mol. The van der Waals surface area contributed by atoms with E-state index in [1.807, 2.05) is 58.0 Å². The standard InChI is InChI=1S/C25H29BFNO5/c1-17-11-12-22(27)21(15-29)20(17)13-19(26-32-24(2,3)25(4,5)33-26)14-28-23(30)31-16-18-9-7-6-8-10-18/h6-13,15H,14,16H2,1-5H3,(H,28,30). The lowest BCUT2D eigenvalue weighted by atomic mass is 9.76. The zero-order valence-corrected chi connectivity index (χ0v) is 19.6. The molecule has 1 N–H and O–H groups in total. The molecule has 0 spiro atoms. The van der Waals surface area contributed by atoms with Crippen molar-refractivity contribution in [3.63, 3.8) is 0 Å². The summed E-state index contributed by atoms with van der Waals surface area (Å²) in [6.45, 7) is 9.58. The number of hydrogen-bond acceptors (Lipinski definition) is 5. The Morgan fingerprint density at radius 3 is 2.30 bits per heavy atom. The quantitative estimate of drug-likeness (QED) is 0.478. The van der Waals surface area contributed by atoms with Crippen molar-refractivity contribution in [2.75, 3.05) is 6.54 Å². The Bertz CT molecular complexity index is 1040. The zero-order chi connectivity index (χ0) is 24.2. The minimum absolute atomic E-state index is 0.0265. The van der Waals surface area contributed by atoms with E-state index in [0.29, 0.717) is 22.9 Å². The Labute approximate surface area is 194 Å². The molecule has 0 saturated carbocycles. The predicted molar refractivity (Wildman–Crippen MR) is 125 cm³/mol. The fourth-order valence-corrected chi connectivity index (χ4v) is 3.36. The van der Waals surface area contributed by atoms with E-state index >= 15 is 0 Å². The molecule has 33 heavy (non-hydrogen) atoms. The normalized spacial score (nSPS) is 17.0. The number of hydrogen-bond donors (Lipinski definition) is 1. The summed E-state index contributed by atoms with van der Waals surface area (Å²) in [6, 6.07) is 12.2. The summed E-state index contributed by atoms with van der Waals surface area (Å²) in [5.41, 5.74) is 1.22. The highest BCUT2D eigenvalue weighted by molar-refractivity contribution is 6.56. The van der Waals surface area contributed by atoms with Gasteiger partial charge in [-0.3, -0.25) is 4.79 Å². The Morgan fingerprint density at radius 2 is 1.70 bits per heavy atom. The molecule has 1 heterocycles. The lowest BCUT2D eigenvalue weighted by Crippen LogP contribution is -2.41. The predicted octanol–water partition coefficient (Wildman–Crippen LogP) is 4.89. The number of alkyl carbamates (subject to hydrolysis) is 1. The van der Waals surface area contributed by atoms with Gasteiger partial charge in [0.25, 0.3) is 0 Å². The van der Waals surface area contributed by atoms with Gasteiger partial charge in [-0.2, -0.15) is 0 Å². The van der Waals surface area contributed by atoms with Crippen LogP contribution >= 0.6 is 0 Å². The van der Waals surface area contributed by atoms with Crippen molar-refractivity contribution in [2.24, 2.45) is 0 Å². The zero-order valence-electron chi connectivity index (χ0n) is 19.6. The Morgan fingerprint density at radius 1 is 1.06 bits per heavy atom. The first-order valence-electron chi connectivity index (χ1n) is 10.8. The Balaban J connectivity index is 1.84. The Hall–Kier alpha value is -2.97. The highest BCUT2D eigenvalue weighted by atomic mass is 19.1. The van der Waals surface area contributed by atoms with E-state index in [4.69, 9.17) is 14.0 Å². The molecule has 0 bridgehead atoms. The van der Waals surface area contributed by atoms with Crippen LogP contribution in [0.15, 0.2) is 47.9 Å². The third-order valence-corrected chi connectivity index (χ3v) is 6.11. The highest BCUT2D eigenvalue weighted by Gasteiger charge is 2.52. The van der Waals surface area contributed by atoms with Gasteiger partial charge in [0.15, 0.2) is 6.29 Å². The average Bonchev–Trinajstić information content (AvgIpc) is 2.99. The maximum Gasteiger partial charge on any atom is 0.492 e. The number of aryl methyl sites for hydroxylation is 1. The molecule has 0 unspecified atom stereocenters. The molecular weight excluding hydrogens is 424 g/mol. The molecule has 8 heteroatoms. The van der Waals surface area contributed by atoms with Crippen LogP contribution in [-0.2, 0) is 20.7 Å². The summed E-state index contributed by atoms with van der Waals surface area (Å²) in [5, 5.41) is 2.70. The topological polar surface area (TPSA) is 73.9 Å². The van der Waals surface area contributed by atoms with Gasteiger partial charge in [0, 0.05) is 6.54 Å². The number of ether oxygens (including phenoxy) is 1. The van der Waals surface area contributed by atoms with Crippen molar-refractivity contribution in [3.05, 3.63) is 76.0 Å². The van der Waals surface area contributed by atoms with Crippen LogP contribution in [0, 0.1) is 12.7 Å². The van der Waals surface area contributed by atoms with Crippen LogP contribution < -0.4 is 5.32 Å². The first kappa shape index (κ1) is 24.7. The van der Waals surface area contributed by atoms with E-state index < -0.39 is 30.2 Å². The molecule has 0 radical (unpaired) electrons. The van der Waals surface area contributed by atoms with E-state index in [-0.39, 0.29) is 18.7 Å². The van der Waals surface area contributed by atoms with Gasteiger partial charge < -0.3 is 19.4 Å². The van der Waals surface area contributed by atoms with Crippen molar-refractivity contribution in [2.45, 2.75) is 52.4 Å². The van der Waals surface area contributed by atoms with Crippen molar-refractivity contribution < 1.29 is 28.0 Å². The molecule has 2 aromatic rings. The number of rotatable bonds is 7. The Kier molecular flexibility index (Phi) is 7.39. The van der Waals surface area contributed by atoms with Crippen LogP contribution in [0.5, 0.6) is 0 Å². The lowest BCUT2D eigenvalue weighted by Gasteiger charge is -2.32. The largest absolute Gasteiger partial charge is 0.492 e. The fraction of sp³-hybridized carbons (Fsp3) is 0.360. The van der Waals surface area contributed by atoms with Crippen LogP contribution in [0.2, 0.25) is 0 Å². The average molecular weight is 453 g/mol. The van der Waals surface area contributed by atoms with Gasteiger partial charge in [0.2, 0.25) is 0 Å². The minimum Gasteiger partial charge on any atom is -0.445 e. The molecule has 1 aliphatic heterocycles. The number of benzene rings is 2. The molecule has 2 aromatic carbocycles. The third-order valence-electron chi connectivity index (χ3n) is 6.11. The molecule has 6 nitrogen and oxygen atoms in total. The molecule has 174 valence electrons. The van der Waals surface area contributed by atoms with Gasteiger partial charge in [-0.25, -0.2) is 9.18 Å². The van der Waals surface area contributed by atoms with Crippen molar-refractivity contribution >= 4 is 25.6 Å². The van der Waals surface area contributed by atoms with Crippen LogP contribution in [0.1, 0.15) is 54.7 Å². The van der Waals surface area contributed by atoms with Crippen LogP contribution in [-0.4, -0.2) is 37.2 Å². The van der Waals surface area contributed by atoms with Crippen LogP contribution in [0.3, 0.4) is 0 Å². The highest BCUT2D eigenvalue weighted by Crippen LogP contribution is 2.39. The maximum absolute atomic E-state index is 14.3. The molecule has 1 amide bonds. The van der Waals surface area contributed by atoms with Gasteiger partial charge in [-0.05, 0) is 62.8 Å². The van der Waals surface area contributed by atoms with Gasteiger partial charge in [0.1, 0.15) is 12.4 Å². The molecular formula is C25H29BFNO5. The first-order valence-corrected chi connectivity index (χ1v) is 10.8. The number of carbonyl (C=O) groups excluding carboxylic acids is 2. The van der Waals surface area contributed by atoms with Crippen LogP contribution in [0.4, 0.5) is 9.18 Å². The number of amides is 1. The van der Waals surface area contributed by atoms with Gasteiger partial charge in [0.05, 0.1) is 16.8 Å². The van der Waals surface area contributed by atoms with E-state index in [1.165, 1.54) is 6.07 Å². The molecule has 1 aliphatic rings. The van der Waals surface area contributed by atoms with Crippen molar-refractivity contribution in [3.8, 4) is 0 Å². The molecule has 1 saturated heterocycles. The SMILES string of the molecule is Cc1ccc(F)c(C=O)c1C=C(CNC(=O)OCc1ccccc1)B1OC(C)(C)C(C)(C)O1. The second-order valence-electron chi connectivity index (χ2n) is 9.03. The number of aldehydes is 1. The summed E-state index contributed by atoms with van der Waals surface area (Å²) in [5.74, 6) is -0.620. The van der Waals surface area contributed by atoms with Crippen LogP contribution in [0.25, 0.3) is 6.08 Å². The number of nitrogens with one attached hydrogen (secondary N) is 1. The molecule has 0 atom stereocenters. The van der Waals surface area contributed by atoms with Gasteiger partial charge in [-0.1, -0.05) is 42.5 Å². The second-order valence-corrected chi connectivity index (χ2v) is 9.03. The molecule has 0 aliphatic carbocycles. The number of halogens is 1. The van der Waals surface area contributed by atoms with E-state index in [9.17, 15) is 14.0 Å². The van der Waals surface area contributed by atoms with E-state index in [0.717, 1.165) is 5.56 Å². The summed E-state index contributed by atoms with van der Waals surface area (Å²) < 4.78 is 31.8. The fourth-order valence-electron chi connectivity index (χ4n) is 3.36. The molecule has 1 fully saturated rings. The summed E-state index contributed by atoms with van der Waals surface area (Å²) in [4.78, 5) is 23.9. The second kappa shape index (κ2) is 9.89. The summed E-state index contributed by atoms with van der Waals surface area (Å²) in [6.07, 6.45) is 1.51. The van der Waals surface area contributed by atoms with Crippen molar-refractivity contribution in [1.82, 2.24) is 5.32 Å². The maximum atomic E-state index is 14.3. The first-order chi connectivity index (χ1) is 15.5. The molecule has 0 aromatic heterocycles.